The molecule has 80 valence electrons. The van der Waals surface area contributed by atoms with E-state index < -0.39 is 5.97 Å². The lowest BCUT2D eigenvalue weighted by Crippen LogP contribution is -2.23. The van der Waals surface area contributed by atoms with Crippen molar-refractivity contribution >= 4 is 11.8 Å². The van der Waals surface area contributed by atoms with Gasteiger partial charge < -0.3 is 10.0 Å². The number of carboxylic acids is 1. The molecule has 0 amide bonds. The summed E-state index contributed by atoms with van der Waals surface area (Å²) in [5.41, 5.74) is 0. The first-order valence-electron chi connectivity index (χ1n) is 4.92. The van der Waals surface area contributed by atoms with E-state index in [0.29, 0.717) is 6.54 Å². The Morgan fingerprint density at radius 1 is 1.53 bits per heavy atom. The van der Waals surface area contributed by atoms with Crippen molar-refractivity contribution in [2.45, 2.75) is 6.92 Å². The van der Waals surface area contributed by atoms with Crippen molar-refractivity contribution in [1.29, 1.82) is 0 Å². The highest BCUT2D eigenvalue weighted by molar-refractivity contribution is 5.72. The Labute approximate surface area is 87.8 Å². The molecule has 2 rings (SSSR count). The zero-order chi connectivity index (χ0) is 10.8. The number of aliphatic carboxylic acids is 1. The van der Waals surface area contributed by atoms with Gasteiger partial charge in [0.05, 0.1) is 12.1 Å². The molecule has 0 saturated carbocycles. The van der Waals surface area contributed by atoms with E-state index in [0.717, 1.165) is 12.4 Å². The van der Waals surface area contributed by atoms with Crippen LogP contribution >= 0.6 is 0 Å². The van der Waals surface area contributed by atoms with Crippen LogP contribution in [0.4, 0.5) is 5.82 Å². The molecule has 0 aliphatic carbocycles. The van der Waals surface area contributed by atoms with Crippen LogP contribution in [0.3, 0.4) is 0 Å². The fourth-order valence-corrected chi connectivity index (χ4v) is 1.93. The Kier molecular flexibility index (Phi) is 2.53. The van der Waals surface area contributed by atoms with Crippen LogP contribution in [0.2, 0.25) is 0 Å². The van der Waals surface area contributed by atoms with Crippen molar-refractivity contribution in [2.24, 2.45) is 11.8 Å². The molecule has 0 aromatic carbocycles. The van der Waals surface area contributed by atoms with E-state index in [2.05, 4.69) is 9.97 Å². The Balaban J connectivity index is 2.13. The van der Waals surface area contributed by atoms with Crippen molar-refractivity contribution in [3.05, 3.63) is 18.6 Å². The van der Waals surface area contributed by atoms with Gasteiger partial charge in [0.15, 0.2) is 0 Å². The Hall–Kier alpha value is -1.65. The molecule has 0 bridgehead atoms. The molecule has 0 unspecified atom stereocenters. The summed E-state index contributed by atoms with van der Waals surface area (Å²) in [6, 6.07) is 0. The normalized spacial score (nSPS) is 25.5. The molecular weight excluding hydrogens is 194 g/mol. The Morgan fingerprint density at radius 3 is 2.87 bits per heavy atom. The maximum atomic E-state index is 10.9. The molecule has 0 spiro atoms. The molecule has 2 heterocycles. The average molecular weight is 207 g/mol. The van der Waals surface area contributed by atoms with E-state index in [1.165, 1.54) is 0 Å². The number of nitrogens with zero attached hydrogens (tertiary/aromatic N) is 3. The van der Waals surface area contributed by atoms with Gasteiger partial charge in [-0.3, -0.25) is 9.78 Å². The smallest absolute Gasteiger partial charge is 0.308 e. The second-order valence-electron chi connectivity index (χ2n) is 3.89. The van der Waals surface area contributed by atoms with Gasteiger partial charge in [0, 0.05) is 25.5 Å². The highest BCUT2D eigenvalue weighted by Gasteiger charge is 2.35. The van der Waals surface area contributed by atoms with Gasteiger partial charge in [-0.2, -0.15) is 0 Å². The summed E-state index contributed by atoms with van der Waals surface area (Å²) in [6.45, 7) is 3.21. The second kappa shape index (κ2) is 3.84. The van der Waals surface area contributed by atoms with E-state index in [1.54, 1.807) is 18.6 Å². The van der Waals surface area contributed by atoms with E-state index >= 15 is 0 Å². The number of anilines is 1. The Morgan fingerprint density at radius 2 is 2.33 bits per heavy atom. The zero-order valence-corrected chi connectivity index (χ0v) is 8.50. The summed E-state index contributed by atoms with van der Waals surface area (Å²) in [7, 11) is 0. The van der Waals surface area contributed by atoms with Crippen LogP contribution in [-0.4, -0.2) is 34.1 Å². The number of rotatable bonds is 2. The summed E-state index contributed by atoms with van der Waals surface area (Å²) in [5.74, 6) is -0.112. The second-order valence-corrected chi connectivity index (χ2v) is 3.89. The molecule has 1 saturated heterocycles. The van der Waals surface area contributed by atoms with Gasteiger partial charge in [-0.25, -0.2) is 4.98 Å². The largest absolute Gasteiger partial charge is 0.481 e. The summed E-state index contributed by atoms with van der Waals surface area (Å²) in [6.07, 6.45) is 4.89. The molecule has 5 heteroatoms. The highest BCUT2D eigenvalue weighted by atomic mass is 16.4. The maximum Gasteiger partial charge on any atom is 0.308 e. The number of hydrogen-bond donors (Lipinski definition) is 1. The van der Waals surface area contributed by atoms with Crippen LogP contribution < -0.4 is 4.90 Å². The Bertz CT molecular complexity index is 355. The van der Waals surface area contributed by atoms with Crippen LogP contribution in [0, 0.1) is 11.8 Å². The van der Waals surface area contributed by atoms with Gasteiger partial charge in [0.1, 0.15) is 5.82 Å². The van der Waals surface area contributed by atoms with Gasteiger partial charge in [-0.05, 0) is 5.92 Å². The highest BCUT2D eigenvalue weighted by Crippen LogP contribution is 2.26. The molecule has 0 radical (unpaired) electrons. The fourth-order valence-electron chi connectivity index (χ4n) is 1.93. The first-order chi connectivity index (χ1) is 7.18. The lowest BCUT2D eigenvalue weighted by molar-refractivity contribution is -0.142. The number of carboxylic acid groups (broad SMARTS) is 1. The monoisotopic (exact) mass is 207 g/mol. The third-order valence-electron chi connectivity index (χ3n) is 2.80. The molecule has 15 heavy (non-hydrogen) atoms. The van der Waals surface area contributed by atoms with Crippen LogP contribution in [-0.2, 0) is 4.79 Å². The quantitative estimate of drug-likeness (QED) is 0.770. The van der Waals surface area contributed by atoms with Crippen molar-refractivity contribution < 1.29 is 9.90 Å². The molecule has 2 atom stereocenters. The minimum Gasteiger partial charge on any atom is -0.481 e. The fraction of sp³-hybridized carbons (Fsp3) is 0.500. The van der Waals surface area contributed by atoms with Crippen LogP contribution in [0.5, 0.6) is 0 Å². The molecular formula is C10H13N3O2. The van der Waals surface area contributed by atoms with Crippen molar-refractivity contribution in [1.82, 2.24) is 9.97 Å². The lowest BCUT2D eigenvalue weighted by Gasteiger charge is -2.15. The summed E-state index contributed by atoms with van der Waals surface area (Å²) >= 11 is 0. The van der Waals surface area contributed by atoms with Crippen molar-refractivity contribution in [2.75, 3.05) is 18.0 Å². The minimum atomic E-state index is -0.728. The molecule has 1 aromatic rings. The average Bonchev–Trinajstić information content (AvgIpc) is 2.62. The summed E-state index contributed by atoms with van der Waals surface area (Å²) in [5, 5.41) is 8.99. The molecule has 1 aliphatic heterocycles. The number of hydrogen-bond acceptors (Lipinski definition) is 4. The number of carbonyl (C=O) groups is 1. The predicted octanol–water partition coefficient (Wildman–Crippen LogP) is 0.633. The summed E-state index contributed by atoms with van der Waals surface area (Å²) in [4.78, 5) is 21.0. The standard InChI is InChI=1S/C10H13N3O2/c1-7-5-13(6-8(7)10(14)15)9-4-11-2-3-12-9/h2-4,7-8H,5-6H2,1H3,(H,14,15)/t7-,8-/m1/s1. The van der Waals surface area contributed by atoms with Crippen molar-refractivity contribution in [3.63, 3.8) is 0 Å². The lowest BCUT2D eigenvalue weighted by atomic mass is 9.99. The third-order valence-corrected chi connectivity index (χ3v) is 2.80. The summed E-state index contributed by atoms with van der Waals surface area (Å²) < 4.78 is 0. The van der Waals surface area contributed by atoms with E-state index in [1.807, 2.05) is 11.8 Å². The third kappa shape index (κ3) is 1.91. The minimum absolute atomic E-state index is 0.157. The molecule has 5 nitrogen and oxygen atoms in total. The van der Waals surface area contributed by atoms with Crippen LogP contribution in [0.25, 0.3) is 0 Å². The molecule has 1 aliphatic rings. The zero-order valence-electron chi connectivity index (χ0n) is 8.50. The molecule has 1 N–H and O–H groups in total. The first-order valence-corrected chi connectivity index (χ1v) is 4.92. The van der Waals surface area contributed by atoms with Gasteiger partial charge >= 0.3 is 5.97 Å². The predicted molar refractivity (Wildman–Crippen MR) is 54.5 cm³/mol. The van der Waals surface area contributed by atoms with Gasteiger partial charge in [-0.15, -0.1) is 0 Å². The SMILES string of the molecule is C[C@@H]1CN(c2cnccn2)C[C@H]1C(=O)O. The number of aromatic nitrogens is 2. The van der Waals surface area contributed by atoms with E-state index in [-0.39, 0.29) is 11.8 Å². The molecule has 1 aromatic heterocycles. The topological polar surface area (TPSA) is 66.3 Å². The van der Waals surface area contributed by atoms with E-state index in [9.17, 15) is 4.79 Å². The van der Waals surface area contributed by atoms with Crippen LogP contribution in [0.15, 0.2) is 18.6 Å². The van der Waals surface area contributed by atoms with Gasteiger partial charge in [0.25, 0.3) is 0 Å². The first kappa shape index (κ1) is 9.89. The van der Waals surface area contributed by atoms with Crippen LogP contribution in [0.1, 0.15) is 6.92 Å². The molecule has 1 fully saturated rings. The maximum absolute atomic E-state index is 10.9. The van der Waals surface area contributed by atoms with Gasteiger partial charge in [0.2, 0.25) is 0 Å². The van der Waals surface area contributed by atoms with E-state index in [4.69, 9.17) is 5.11 Å². The van der Waals surface area contributed by atoms with Crippen molar-refractivity contribution in [3.8, 4) is 0 Å². The van der Waals surface area contributed by atoms with Gasteiger partial charge in [-0.1, -0.05) is 6.92 Å².